The van der Waals surface area contributed by atoms with Gasteiger partial charge < -0.3 is 5.32 Å². The number of nitrogens with one attached hydrogen (secondary N) is 1. The molecule has 15 heavy (non-hydrogen) atoms. The Kier molecular flexibility index (Phi) is 2.14. The molecule has 0 aliphatic carbocycles. The van der Waals surface area contributed by atoms with Crippen molar-refractivity contribution in [3.8, 4) is 0 Å². The lowest BCUT2D eigenvalue weighted by Crippen LogP contribution is -2.29. The molecule has 3 rings (SSSR count). The Labute approximate surface area is 88.4 Å². The third-order valence-corrected chi connectivity index (χ3v) is 3.05. The van der Waals surface area contributed by atoms with Crippen LogP contribution in [0.5, 0.6) is 0 Å². The van der Waals surface area contributed by atoms with Gasteiger partial charge in [0, 0.05) is 36.7 Å². The summed E-state index contributed by atoms with van der Waals surface area (Å²) in [6.07, 6.45) is 8.16. The Bertz CT molecular complexity index is 456. The summed E-state index contributed by atoms with van der Waals surface area (Å²) >= 11 is 0. The van der Waals surface area contributed by atoms with E-state index in [-0.39, 0.29) is 0 Å². The van der Waals surface area contributed by atoms with E-state index < -0.39 is 0 Å². The van der Waals surface area contributed by atoms with Gasteiger partial charge in [-0.3, -0.25) is 4.40 Å². The topological polar surface area (TPSA) is 42.2 Å². The first-order chi connectivity index (χ1) is 7.45. The van der Waals surface area contributed by atoms with Crippen LogP contribution in [-0.4, -0.2) is 27.5 Å². The maximum Gasteiger partial charge on any atom is 0.233 e. The summed E-state index contributed by atoms with van der Waals surface area (Å²) in [6.45, 7) is 2.21. The zero-order valence-electron chi connectivity index (χ0n) is 8.56. The normalized spacial score (nSPS) is 22.0. The van der Waals surface area contributed by atoms with Crippen molar-refractivity contribution in [1.29, 1.82) is 0 Å². The molecule has 1 aliphatic heterocycles. The molecule has 78 valence electrons. The standard InChI is InChI=1S/C11H14N4/c1-2-9(8-12-4-1)10-3-5-13-11-14-6-7-15(10)11/h3,5-7,9,12H,1-2,4,8H2/t9-/m1/s1. The number of hydrogen-bond acceptors (Lipinski definition) is 3. The SMILES string of the molecule is c1cc([C@@H]2CCCNC2)n2ccnc2n1. The molecule has 1 aliphatic rings. The maximum atomic E-state index is 4.23. The molecule has 2 aromatic rings. The first kappa shape index (κ1) is 8.85. The average Bonchev–Trinajstić information content (AvgIpc) is 2.78. The fraction of sp³-hybridized carbons (Fsp3) is 0.455. The highest BCUT2D eigenvalue weighted by atomic mass is 15.1. The van der Waals surface area contributed by atoms with E-state index >= 15 is 0 Å². The van der Waals surface area contributed by atoms with Crippen LogP contribution in [0.1, 0.15) is 24.5 Å². The van der Waals surface area contributed by atoms with E-state index in [2.05, 4.69) is 25.8 Å². The van der Waals surface area contributed by atoms with Gasteiger partial charge in [0.15, 0.2) is 0 Å². The largest absolute Gasteiger partial charge is 0.316 e. The van der Waals surface area contributed by atoms with E-state index in [1.165, 1.54) is 18.5 Å². The van der Waals surface area contributed by atoms with Crippen molar-refractivity contribution in [2.24, 2.45) is 0 Å². The van der Waals surface area contributed by atoms with E-state index in [4.69, 9.17) is 0 Å². The van der Waals surface area contributed by atoms with E-state index in [0.717, 1.165) is 18.9 Å². The molecule has 1 N–H and O–H groups in total. The Hall–Kier alpha value is -1.42. The van der Waals surface area contributed by atoms with Crippen LogP contribution in [0, 0.1) is 0 Å². The second kappa shape index (κ2) is 3.62. The summed E-state index contributed by atoms with van der Waals surface area (Å²) in [7, 11) is 0. The zero-order valence-corrected chi connectivity index (χ0v) is 8.56. The van der Waals surface area contributed by atoms with Gasteiger partial charge in [0.2, 0.25) is 5.78 Å². The number of aromatic nitrogens is 3. The van der Waals surface area contributed by atoms with Crippen LogP contribution in [-0.2, 0) is 0 Å². The summed E-state index contributed by atoms with van der Waals surface area (Å²) in [5.74, 6) is 1.40. The fourth-order valence-corrected chi connectivity index (χ4v) is 2.29. The van der Waals surface area contributed by atoms with E-state index in [9.17, 15) is 0 Å². The molecule has 0 radical (unpaired) electrons. The first-order valence-corrected chi connectivity index (χ1v) is 5.44. The lowest BCUT2D eigenvalue weighted by molar-refractivity contribution is 0.451. The van der Waals surface area contributed by atoms with Crippen molar-refractivity contribution in [1.82, 2.24) is 19.7 Å². The Morgan fingerprint density at radius 1 is 1.33 bits per heavy atom. The first-order valence-electron chi connectivity index (χ1n) is 5.44. The van der Waals surface area contributed by atoms with E-state index in [1.807, 2.05) is 18.6 Å². The summed E-state index contributed by atoms with van der Waals surface area (Å²) in [4.78, 5) is 8.43. The summed E-state index contributed by atoms with van der Waals surface area (Å²) in [6, 6.07) is 2.10. The summed E-state index contributed by atoms with van der Waals surface area (Å²) in [5.41, 5.74) is 1.32. The Morgan fingerprint density at radius 2 is 2.27 bits per heavy atom. The molecule has 4 nitrogen and oxygen atoms in total. The number of nitrogens with zero attached hydrogens (tertiary/aromatic N) is 3. The Balaban J connectivity index is 2.05. The fourth-order valence-electron chi connectivity index (χ4n) is 2.29. The number of rotatable bonds is 1. The quantitative estimate of drug-likeness (QED) is 0.755. The summed E-state index contributed by atoms with van der Waals surface area (Å²) < 4.78 is 2.09. The predicted molar refractivity (Wildman–Crippen MR) is 57.8 cm³/mol. The molecule has 0 amide bonds. The lowest BCUT2D eigenvalue weighted by atomic mass is 9.96. The molecule has 0 saturated carbocycles. The smallest absolute Gasteiger partial charge is 0.233 e. The highest BCUT2D eigenvalue weighted by molar-refractivity contribution is 5.31. The van der Waals surface area contributed by atoms with E-state index in [1.54, 1.807) is 0 Å². The van der Waals surface area contributed by atoms with Gasteiger partial charge in [-0.1, -0.05) is 0 Å². The van der Waals surface area contributed by atoms with Gasteiger partial charge in [-0.25, -0.2) is 9.97 Å². The molecule has 1 atom stereocenters. The zero-order chi connectivity index (χ0) is 10.1. The van der Waals surface area contributed by atoms with E-state index in [0.29, 0.717) is 5.92 Å². The van der Waals surface area contributed by atoms with Crippen molar-refractivity contribution < 1.29 is 0 Å². The van der Waals surface area contributed by atoms with Crippen molar-refractivity contribution >= 4 is 5.78 Å². The van der Waals surface area contributed by atoms with Crippen LogP contribution < -0.4 is 5.32 Å². The van der Waals surface area contributed by atoms with Crippen LogP contribution in [0.15, 0.2) is 24.7 Å². The molecule has 0 bridgehead atoms. The molecule has 1 fully saturated rings. The minimum atomic E-state index is 0.596. The average molecular weight is 202 g/mol. The second-order valence-electron chi connectivity index (χ2n) is 4.01. The number of fused-ring (bicyclic) bond motifs is 1. The number of piperidine rings is 1. The molecule has 4 heteroatoms. The molecular formula is C11H14N4. The highest BCUT2D eigenvalue weighted by Crippen LogP contribution is 2.22. The van der Waals surface area contributed by atoms with Crippen LogP contribution in [0.3, 0.4) is 0 Å². The van der Waals surface area contributed by atoms with Crippen molar-refractivity contribution in [3.63, 3.8) is 0 Å². The monoisotopic (exact) mass is 202 g/mol. The van der Waals surface area contributed by atoms with Crippen LogP contribution in [0.25, 0.3) is 5.78 Å². The predicted octanol–water partition coefficient (Wildman–Crippen LogP) is 1.20. The van der Waals surface area contributed by atoms with Gasteiger partial charge in [0.05, 0.1) is 0 Å². The molecule has 0 spiro atoms. The lowest BCUT2D eigenvalue weighted by Gasteiger charge is -2.23. The van der Waals surface area contributed by atoms with Gasteiger partial charge in [0.25, 0.3) is 0 Å². The van der Waals surface area contributed by atoms with Gasteiger partial charge in [0.1, 0.15) is 0 Å². The molecule has 3 heterocycles. The molecule has 2 aromatic heterocycles. The van der Waals surface area contributed by atoms with Crippen molar-refractivity contribution in [3.05, 3.63) is 30.4 Å². The van der Waals surface area contributed by atoms with Gasteiger partial charge in [-0.15, -0.1) is 0 Å². The highest BCUT2D eigenvalue weighted by Gasteiger charge is 2.17. The third kappa shape index (κ3) is 1.51. The van der Waals surface area contributed by atoms with Crippen molar-refractivity contribution in [2.75, 3.05) is 13.1 Å². The number of hydrogen-bond donors (Lipinski definition) is 1. The van der Waals surface area contributed by atoms with Gasteiger partial charge in [-0.05, 0) is 25.5 Å². The number of imidazole rings is 1. The second-order valence-corrected chi connectivity index (χ2v) is 4.01. The van der Waals surface area contributed by atoms with Crippen LogP contribution in [0.2, 0.25) is 0 Å². The third-order valence-electron chi connectivity index (χ3n) is 3.05. The molecule has 1 saturated heterocycles. The minimum absolute atomic E-state index is 0.596. The minimum Gasteiger partial charge on any atom is -0.316 e. The van der Waals surface area contributed by atoms with Crippen LogP contribution >= 0.6 is 0 Å². The maximum absolute atomic E-state index is 4.23. The van der Waals surface area contributed by atoms with Gasteiger partial charge in [-0.2, -0.15) is 0 Å². The van der Waals surface area contributed by atoms with Crippen LogP contribution in [0.4, 0.5) is 0 Å². The molecular weight excluding hydrogens is 188 g/mol. The molecule has 0 aromatic carbocycles. The Morgan fingerprint density at radius 3 is 3.13 bits per heavy atom. The van der Waals surface area contributed by atoms with Gasteiger partial charge >= 0.3 is 0 Å². The van der Waals surface area contributed by atoms with Crippen molar-refractivity contribution in [2.45, 2.75) is 18.8 Å². The molecule has 0 unspecified atom stereocenters. The summed E-state index contributed by atoms with van der Waals surface area (Å²) in [5, 5.41) is 3.44.